The molecule has 1 aliphatic heterocycles. The van der Waals surface area contributed by atoms with Crippen molar-refractivity contribution in [2.45, 2.75) is 45.2 Å². The average molecular weight is 458 g/mol. The van der Waals surface area contributed by atoms with Crippen LogP contribution in [0.5, 0.6) is 0 Å². The van der Waals surface area contributed by atoms with Crippen molar-refractivity contribution in [1.82, 2.24) is 25.0 Å². The van der Waals surface area contributed by atoms with Gasteiger partial charge in [-0.3, -0.25) is 19.2 Å². The zero-order valence-electron chi connectivity index (χ0n) is 19.8. The number of likely N-dealkylation sites (tertiary alicyclic amines) is 1. The zero-order valence-corrected chi connectivity index (χ0v) is 19.8. The number of fused-ring (bicyclic) bond motifs is 2. The maximum absolute atomic E-state index is 12.6. The molecule has 7 nitrogen and oxygen atoms in total. The molecule has 34 heavy (non-hydrogen) atoms. The van der Waals surface area contributed by atoms with Crippen molar-refractivity contribution in [2.75, 3.05) is 19.6 Å². The second-order valence-corrected chi connectivity index (χ2v) is 9.49. The number of aromatic nitrogens is 3. The molecule has 0 atom stereocenters. The number of carbonyl (C=O) groups is 1. The molecule has 3 aromatic rings. The number of allylic oxidation sites excluding steroid dienone is 1. The van der Waals surface area contributed by atoms with Gasteiger partial charge in [0.05, 0.1) is 12.2 Å². The predicted molar refractivity (Wildman–Crippen MR) is 133 cm³/mol. The summed E-state index contributed by atoms with van der Waals surface area (Å²) in [6.45, 7) is 7.51. The van der Waals surface area contributed by atoms with Crippen LogP contribution in [0.25, 0.3) is 6.08 Å². The molecule has 2 aliphatic rings. The molecule has 1 spiro atoms. The summed E-state index contributed by atoms with van der Waals surface area (Å²) in [5.41, 5.74) is 5.55. The Morgan fingerprint density at radius 1 is 1.15 bits per heavy atom. The Morgan fingerprint density at radius 2 is 1.94 bits per heavy atom. The number of aromatic amines is 1. The number of rotatable bonds is 6. The number of pyridine rings is 1. The molecule has 0 bridgehead atoms. The molecule has 1 aliphatic carbocycles. The molecule has 2 N–H and O–H groups in total. The minimum Gasteiger partial charge on any atom is -0.350 e. The Balaban J connectivity index is 1.16. The van der Waals surface area contributed by atoms with E-state index in [9.17, 15) is 9.59 Å². The third kappa shape index (κ3) is 4.35. The maximum atomic E-state index is 12.6. The van der Waals surface area contributed by atoms with E-state index < -0.39 is 0 Å². The minimum absolute atomic E-state index is 0.141. The maximum Gasteiger partial charge on any atom is 0.261 e. The first-order chi connectivity index (χ1) is 16.4. The number of H-pyrrole nitrogens is 1. The first kappa shape index (κ1) is 22.3. The van der Waals surface area contributed by atoms with Gasteiger partial charge in [-0.25, -0.2) is 0 Å². The van der Waals surface area contributed by atoms with Crippen LogP contribution in [0.3, 0.4) is 0 Å². The molecular weight excluding hydrogens is 426 g/mol. The first-order valence-corrected chi connectivity index (χ1v) is 12.0. The summed E-state index contributed by atoms with van der Waals surface area (Å²) >= 11 is 0. The molecule has 0 unspecified atom stereocenters. The monoisotopic (exact) mass is 457 g/mol. The molecule has 0 radical (unpaired) electrons. The van der Waals surface area contributed by atoms with E-state index in [4.69, 9.17) is 0 Å². The van der Waals surface area contributed by atoms with Crippen LogP contribution in [0.15, 0.2) is 53.3 Å². The molecule has 1 fully saturated rings. The van der Waals surface area contributed by atoms with Crippen molar-refractivity contribution in [3.63, 3.8) is 0 Å². The van der Waals surface area contributed by atoms with Crippen LogP contribution >= 0.6 is 0 Å². The van der Waals surface area contributed by atoms with Crippen LogP contribution in [-0.4, -0.2) is 45.2 Å². The average Bonchev–Trinajstić information content (AvgIpc) is 3.34. The van der Waals surface area contributed by atoms with E-state index in [2.05, 4.69) is 56.7 Å². The van der Waals surface area contributed by atoms with Crippen LogP contribution in [0.4, 0.5) is 0 Å². The van der Waals surface area contributed by atoms with Gasteiger partial charge in [0.15, 0.2) is 0 Å². The molecule has 176 valence electrons. The number of hydrogen-bond donors (Lipinski definition) is 2. The number of hydrogen-bond acceptors (Lipinski definition) is 4. The third-order valence-corrected chi connectivity index (χ3v) is 7.15. The third-order valence-electron chi connectivity index (χ3n) is 7.15. The highest BCUT2D eigenvalue weighted by Crippen LogP contribution is 2.43. The lowest BCUT2D eigenvalue weighted by molar-refractivity contribution is 0.0950. The van der Waals surface area contributed by atoms with E-state index in [1.54, 1.807) is 6.07 Å². The minimum atomic E-state index is -0.360. The van der Waals surface area contributed by atoms with Crippen LogP contribution < -0.4 is 10.9 Å². The van der Waals surface area contributed by atoms with Crippen molar-refractivity contribution >= 4 is 12.0 Å². The number of carbonyl (C=O) groups excluding carboxylic acids is 1. The van der Waals surface area contributed by atoms with Gasteiger partial charge < -0.3 is 10.3 Å². The largest absolute Gasteiger partial charge is 0.350 e. The SMILES string of the molecule is Cc1cc(C)n(CCNC(=O)c2ccc(CN3CCC4(C=Cc5ccccc54)CC3)[nH]c2=O)n1. The number of benzene rings is 1. The smallest absolute Gasteiger partial charge is 0.261 e. The Morgan fingerprint density at radius 3 is 2.68 bits per heavy atom. The van der Waals surface area contributed by atoms with Crippen molar-refractivity contribution in [3.8, 4) is 0 Å². The van der Waals surface area contributed by atoms with Crippen LogP contribution in [0, 0.1) is 13.8 Å². The number of amides is 1. The predicted octanol–water partition coefficient (Wildman–Crippen LogP) is 3.18. The summed E-state index contributed by atoms with van der Waals surface area (Å²) in [6, 6.07) is 14.1. The lowest BCUT2D eigenvalue weighted by atomic mass is 9.74. The molecule has 1 amide bonds. The summed E-state index contributed by atoms with van der Waals surface area (Å²) < 4.78 is 1.85. The fourth-order valence-electron chi connectivity index (χ4n) is 5.28. The summed E-state index contributed by atoms with van der Waals surface area (Å²) in [5.74, 6) is -0.360. The van der Waals surface area contributed by atoms with Gasteiger partial charge in [0.25, 0.3) is 11.5 Å². The highest BCUT2D eigenvalue weighted by atomic mass is 16.2. The van der Waals surface area contributed by atoms with Crippen molar-refractivity contribution in [3.05, 3.63) is 92.7 Å². The lowest BCUT2D eigenvalue weighted by Crippen LogP contribution is -2.41. The van der Waals surface area contributed by atoms with Crippen LogP contribution in [0.2, 0.25) is 0 Å². The number of piperidine rings is 1. The standard InChI is InChI=1S/C27H31N5O2/c1-19-17-20(2)32(30-19)16-13-28-25(33)23-8-7-22(29-26(23)34)18-31-14-11-27(12-15-31)10-9-21-5-3-4-6-24(21)27/h3-10,17H,11-16,18H2,1-2H3,(H,28,33)(H,29,34). The van der Waals surface area contributed by atoms with E-state index in [1.807, 2.05) is 30.7 Å². The van der Waals surface area contributed by atoms with E-state index in [-0.39, 0.29) is 22.4 Å². The summed E-state index contributed by atoms with van der Waals surface area (Å²) in [4.78, 5) is 30.4. The van der Waals surface area contributed by atoms with Gasteiger partial charge in [-0.1, -0.05) is 36.4 Å². The van der Waals surface area contributed by atoms with E-state index in [0.717, 1.165) is 43.0 Å². The highest BCUT2D eigenvalue weighted by molar-refractivity contribution is 5.93. The van der Waals surface area contributed by atoms with Gasteiger partial charge in [0, 0.05) is 29.9 Å². The molecule has 1 saturated heterocycles. The van der Waals surface area contributed by atoms with Gasteiger partial charge >= 0.3 is 0 Å². The summed E-state index contributed by atoms with van der Waals surface area (Å²) in [7, 11) is 0. The highest BCUT2D eigenvalue weighted by Gasteiger charge is 2.37. The lowest BCUT2D eigenvalue weighted by Gasteiger charge is -2.39. The Bertz CT molecular complexity index is 1290. The normalized spacial score (nSPS) is 16.6. The van der Waals surface area contributed by atoms with Crippen LogP contribution in [0.1, 0.15) is 51.4 Å². The Labute approximate surface area is 199 Å². The zero-order chi connectivity index (χ0) is 23.7. The van der Waals surface area contributed by atoms with Gasteiger partial charge in [0.1, 0.15) is 5.56 Å². The number of nitrogens with zero attached hydrogens (tertiary/aromatic N) is 3. The van der Waals surface area contributed by atoms with Crippen LogP contribution in [-0.2, 0) is 18.5 Å². The molecule has 5 rings (SSSR count). The van der Waals surface area contributed by atoms with Crippen molar-refractivity contribution < 1.29 is 4.79 Å². The summed E-state index contributed by atoms with van der Waals surface area (Å²) in [5, 5.41) is 7.21. The summed E-state index contributed by atoms with van der Waals surface area (Å²) in [6.07, 6.45) is 6.77. The molecule has 0 saturated carbocycles. The van der Waals surface area contributed by atoms with Crippen molar-refractivity contribution in [1.29, 1.82) is 0 Å². The second kappa shape index (κ2) is 9.06. The molecule has 1 aromatic carbocycles. The second-order valence-electron chi connectivity index (χ2n) is 9.49. The van der Waals surface area contributed by atoms with E-state index in [0.29, 0.717) is 19.6 Å². The van der Waals surface area contributed by atoms with Gasteiger partial charge in [-0.2, -0.15) is 5.10 Å². The molecule has 3 heterocycles. The fourth-order valence-corrected chi connectivity index (χ4v) is 5.28. The molecule has 2 aromatic heterocycles. The molecule has 7 heteroatoms. The van der Waals surface area contributed by atoms with Gasteiger partial charge in [-0.15, -0.1) is 0 Å². The van der Waals surface area contributed by atoms with Gasteiger partial charge in [0.2, 0.25) is 0 Å². The topological polar surface area (TPSA) is 83.0 Å². The van der Waals surface area contributed by atoms with Gasteiger partial charge in [-0.05, 0) is 69.1 Å². The van der Waals surface area contributed by atoms with Crippen molar-refractivity contribution in [2.24, 2.45) is 0 Å². The number of nitrogens with one attached hydrogen (secondary N) is 2. The first-order valence-electron chi connectivity index (χ1n) is 12.0. The van der Waals surface area contributed by atoms with E-state index in [1.165, 1.54) is 11.1 Å². The Hall–Kier alpha value is -3.45. The Kier molecular flexibility index (Phi) is 5.96. The quantitative estimate of drug-likeness (QED) is 0.596. The van der Waals surface area contributed by atoms with E-state index >= 15 is 0 Å². The number of aryl methyl sites for hydroxylation is 2. The molecular formula is C27H31N5O2. The fraction of sp³-hybridized carbons (Fsp3) is 0.370.